The summed E-state index contributed by atoms with van der Waals surface area (Å²) in [6.07, 6.45) is 0. The molecule has 6 nitrogen and oxygen atoms in total. The van der Waals surface area contributed by atoms with Crippen molar-refractivity contribution in [2.45, 2.75) is 39.1 Å². The van der Waals surface area contributed by atoms with Crippen LogP contribution in [-0.2, 0) is 30.5 Å². The summed E-state index contributed by atoms with van der Waals surface area (Å²) in [6, 6.07) is 13.3. The maximum absolute atomic E-state index is 11.7. The average molecular weight is 423 g/mol. The summed E-state index contributed by atoms with van der Waals surface area (Å²) in [5.74, 6) is -1.09. The Morgan fingerprint density at radius 3 is 1.25 bits per heavy atom. The molecular weight excluding hydrogens is 403 g/mol. The molecule has 148 valence electrons. The molecule has 0 spiro atoms. The molecule has 2 aromatic rings. The molecule has 28 heavy (non-hydrogen) atoms. The summed E-state index contributed by atoms with van der Waals surface area (Å²) in [5, 5.41) is 9.55. The molecule has 0 saturated carbocycles. The van der Waals surface area contributed by atoms with Gasteiger partial charge in [-0.05, 0) is 24.3 Å². The van der Waals surface area contributed by atoms with Crippen LogP contribution >= 0.6 is 23.2 Å². The van der Waals surface area contributed by atoms with Gasteiger partial charge in [0, 0.05) is 48.9 Å². The third-order valence-corrected chi connectivity index (χ3v) is 4.38. The van der Waals surface area contributed by atoms with Gasteiger partial charge in [-0.3, -0.25) is 9.59 Å². The molecule has 8 heteroatoms. The Morgan fingerprint density at radius 2 is 1.00 bits per heavy atom. The van der Waals surface area contributed by atoms with E-state index in [1.807, 2.05) is 0 Å². The molecule has 0 bridgehead atoms. The van der Waals surface area contributed by atoms with Gasteiger partial charge in [0.25, 0.3) is 0 Å². The third kappa shape index (κ3) is 5.53. The minimum atomic E-state index is -1.44. The molecule has 0 aliphatic carbocycles. The highest BCUT2D eigenvalue weighted by atomic mass is 35.5. The number of hydrogen-bond acceptors (Lipinski definition) is 6. The highest BCUT2D eigenvalue weighted by Gasteiger charge is 2.35. The molecule has 0 radical (unpaired) electrons. The minimum absolute atomic E-state index is 0.525. The van der Waals surface area contributed by atoms with Crippen molar-refractivity contribution in [3.63, 3.8) is 0 Å². The second-order valence-corrected chi connectivity index (χ2v) is 7.24. The van der Waals surface area contributed by atoms with E-state index in [1.165, 1.54) is 13.8 Å². The van der Waals surface area contributed by atoms with Crippen molar-refractivity contribution in [1.29, 1.82) is 0 Å². The van der Waals surface area contributed by atoms with E-state index in [0.29, 0.717) is 21.2 Å². The highest BCUT2D eigenvalue weighted by molar-refractivity contribution is 6.30. The molecule has 2 unspecified atom stereocenters. The lowest BCUT2D eigenvalue weighted by molar-refractivity contribution is -0.162. The number of nitrogens with zero attached hydrogens (tertiary/aromatic N) is 2. The van der Waals surface area contributed by atoms with Crippen molar-refractivity contribution >= 4 is 35.1 Å². The maximum atomic E-state index is 11.7. The topological polar surface area (TPSA) is 77.3 Å². The second kappa shape index (κ2) is 8.71. The number of esters is 2. The summed E-state index contributed by atoms with van der Waals surface area (Å²) in [4.78, 5) is 23.3. The van der Waals surface area contributed by atoms with Crippen molar-refractivity contribution in [2.24, 2.45) is 10.2 Å². The predicted octanol–water partition coefficient (Wildman–Crippen LogP) is 5.62. The number of azo groups is 1. The Labute approximate surface area is 173 Å². The second-order valence-electron chi connectivity index (χ2n) is 6.37. The van der Waals surface area contributed by atoms with Gasteiger partial charge >= 0.3 is 11.9 Å². The molecule has 2 rings (SSSR count). The quantitative estimate of drug-likeness (QED) is 0.447. The van der Waals surface area contributed by atoms with Crippen LogP contribution < -0.4 is 0 Å². The molecular formula is C20H20Cl2N2O4. The zero-order valence-electron chi connectivity index (χ0n) is 15.9. The summed E-state index contributed by atoms with van der Waals surface area (Å²) in [7, 11) is 0. The number of hydrogen-bond donors (Lipinski definition) is 0. The fraction of sp³-hybridized carbons (Fsp3) is 0.300. The standard InChI is InChI=1S/C20H20Cl2N2O4/c1-13(25)27-19(3,15-5-9-17(21)10-6-15)23-24-20(4,28-14(2)26)16-7-11-18(22)12-8-16/h5-12H,1-4H3. The van der Waals surface area contributed by atoms with E-state index >= 15 is 0 Å². The summed E-state index contributed by atoms with van der Waals surface area (Å²) >= 11 is 11.9. The molecule has 0 amide bonds. The number of benzene rings is 2. The van der Waals surface area contributed by atoms with Gasteiger partial charge in [-0.25, -0.2) is 0 Å². The predicted molar refractivity (Wildman–Crippen MR) is 106 cm³/mol. The van der Waals surface area contributed by atoms with Crippen LogP contribution in [0.3, 0.4) is 0 Å². The fourth-order valence-electron chi connectivity index (χ4n) is 2.54. The normalized spacial score (nSPS) is 15.5. The molecule has 0 aliphatic heterocycles. The van der Waals surface area contributed by atoms with Crippen LogP contribution in [0.2, 0.25) is 10.0 Å². The van der Waals surface area contributed by atoms with Gasteiger partial charge in [0.1, 0.15) is 0 Å². The van der Waals surface area contributed by atoms with Gasteiger partial charge in [0.2, 0.25) is 11.4 Å². The monoisotopic (exact) mass is 422 g/mol. The number of ether oxygens (including phenoxy) is 2. The average Bonchev–Trinajstić information content (AvgIpc) is 2.60. The number of carbonyl (C=O) groups excluding carboxylic acids is 2. The van der Waals surface area contributed by atoms with Gasteiger partial charge < -0.3 is 9.47 Å². The molecule has 0 aromatic heterocycles. The van der Waals surface area contributed by atoms with E-state index in [1.54, 1.807) is 62.4 Å². The third-order valence-electron chi connectivity index (χ3n) is 3.88. The fourth-order valence-corrected chi connectivity index (χ4v) is 2.79. The van der Waals surface area contributed by atoms with Crippen molar-refractivity contribution in [2.75, 3.05) is 0 Å². The Hall–Kier alpha value is -2.44. The van der Waals surface area contributed by atoms with E-state index in [0.717, 1.165) is 0 Å². The first-order chi connectivity index (χ1) is 13.0. The van der Waals surface area contributed by atoms with Crippen molar-refractivity contribution < 1.29 is 19.1 Å². The minimum Gasteiger partial charge on any atom is -0.431 e. The molecule has 0 aliphatic rings. The Balaban J connectivity index is 2.50. The van der Waals surface area contributed by atoms with E-state index < -0.39 is 23.4 Å². The highest BCUT2D eigenvalue weighted by Crippen LogP contribution is 2.34. The van der Waals surface area contributed by atoms with Gasteiger partial charge in [-0.2, -0.15) is 0 Å². The molecule has 0 heterocycles. The number of rotatable bonds is 6. The van der Waals surface area contributed by atoms with Crippen LogP contribution in [0.15, 0.2) is 58.8 Å². The molecule has 0 fully saturated rings. The number of halogens is 2. The zero-order chi connectivity index (χ0) is 20.9. The summed E-state index contributed by atoms with van der Waals surface area (Å²) in [6.45, 7) is 5.71. The number of carbonyl (C=O) groups is 2. The van der Waals surface area contributed by atoms with Crippen LogP contribution in [0.5, 0.6) is 0 Å². The van der Waals surface area contributed by atoms with E-state index in [9.17, 15) is 9.59 Å². The van der Waals surface area contributed by atoms with Crippen molar-refractivity contribution in [3.8, 4) is 0 Å². The summed E-state index contributed by atoms with van der Waals surface area (Å²) in [5.41, 5.74) is -1.77. The van der Waals surface area contributed by atoms with Crippen molar-refractivity contribution in [1.82, 2.24) is 0 Å². The Morgan fingerprint density at radius 1 is 0.714 bits per heavy atom. The molecule has 2 aromatic carbocycles. The lowest BCUT2D eigenvalue weighted by atomic mass is 10.0. The first-order valence-corrected chi connectivity index (χ1v) is 9.15. The molecule has 0 saturated heterocycles. The van der Waals surface area contributed by atoms with Crippen LogP contribution in [0.1, 0.15) is 38.8 Å². The van der Waals surface area contributed by atoms with Crippen LogP contribution in [0.25, 0.3) is 0 Å². The molecule has 0 N–H and O–H groups in total. The van der Waals surface area contributed by atoms with Gasteiger partial charge in [-0.15, -0.1) is 10.2 Å². The first-order valence-electron chi connectivity index (χ1n) is 8.39. The Kier molecular flexibility index (Phi) is 6.80. The van der Waals surface area contributed by atoms with Gasteiger partial charge in [0.15, 0.2) is 0 Å². The summed E-state index contributed by atoms with van der Waals surface area (Å²) < 4.78 is 10.8. The lowest BCUT2D eigenvalue weighted by Gasteiger charge is -2.28. The van der Waals surface area contributed by atoms with Crippen LogP contribution in [0, 0.1) is 0 Å². The smallest absolute Gasteiger partial charge is 0.305 e. The largest absolute Gasteiger partial charge is 0.431 e. The SMILES string of the molecule is CC(=O)OC(C)(N=NC(C)(OC(C)=O)c1ccc(Cl)cc1)c1ccc(Cl)cc1. The molecule has 2 atom stereocenters. The van der Waals surface area contributed by atoms with E-state index in [4.69, 9.17) is 32.7 Å². The van der Waals surface area contributed by atoms with Crippen LogP contribution in [-0.4, -0.2) is 11.9 Å². The first kappa shape index (κ1) is 21.9. The van der Waals surface area contributed by atoms with Crippen LogP contribution in [0.4, 0.5) is 0 Å². The lowest BCUT2D eigenvalue weighted by Crippen LogP contribution is -2.29. The van der Waals surface area contributed by atoms with Gasteiger partial charge in [-0.1, -0.05) is 47.5 Å². The Bertz CT molecular complexity index is 811. The zero-order valence-corrected chi connectivity index (χ0v) is 17.4. The van der Waals surface area contributed by atoms with E-state index in [-0.39, 0.29) is 0 Å². The van der Waals surface area contributed by atoms with Gasteiger partial charge in [0.05, 0.1) is 0 Å². The van der Waals surface area contributed by atoms with E-state index in [2.05, 4.69) is 10.2 Å². The maximum Gasteiger partial charge on any atom is 0.305 e. The van der Waals surface area contributed by atoms with Crippen molar-refractivity contribution in [3.05, 3.63) is 69.7 Å².